The van der Waals surface area contributed by atoms with Gasteiger partial charge in [-0.15, -0.1) is 0 Å². The molecule has 0 unspecified atom stereocenters. The Hall–Kier alpha value is -2.76. The number of pyridine rings is 1. The van der Waals surface area contributed by atoms with E-state index in [1.165, 1.54) is 12.3 Å². The summed E-state index contributed by atoms with van der Waals surface area (Å²) in [7, 11) is 1.56. The standard InChI is InChI=1S/C15H14FN3O2/c1-17-14(20)11-4-2-10(3-5-11)8-19-15(21)12-6-7-13(16)18-9-12/h2-7,9H,8H2,1H3,(H,17,20)(H,19,21). The van der Waals surface area contributed by atoms with Crippen LogP contribution in [0.25, 0.3) is 0 Å². The van der Waals surface area contributed by atoms with Crippen LogP contribution < -0.4 is 10.6 Å². The Morgan fingerprint density at radius 3 is 2.29 bits per heavy atom. The lowest BCUT2D eigenvalue weighted by Crippen LogP contribution is -2.23. The molecule has 0 bridgehead atoms. The Morgan fingerprint density at radius 2 is 1.71 bits per heavy atom. The fourth-order valence-electron chi connectivity index (χ4n) is 1.71. The number of benzene rings is 1. The van der Waals surface area contributed by atoms with Gasteiger partial charge in [0.2, 0.25) is 5.95 Å². The smallest absolute Gasteiger partial charge is 0.253 e. The lowest BCUT2D eigenvalue weighted by molar-refractivity contribution is 0.0945. The van der Waals surface area contributed by atoms with Crippen LogP contribution in [0.15, 0.2) is 42.6 Å². The highest BCUT2D eigenvalue weighted by molar-refractivity contribution is 5.94. The van der Waals surface area contributed by atoms with E-state index in [0.717, 1.165) is 11.6 Å². The van der Waals surface area contributed by atoms with E-state index in [1.807, 2.05) is 0 Å². The molecule has 1 aromatic carbocycles. The number of hydrogen-bond acceptors (Lipinski definition) is 3. The highest BCUT2D eigenvalue weighted by Crippen LogP contribution is 2.05. The van der Waals surface area contributed by atoms with Crippen LogP contribution in [0.1, 0.15) is 26.3 Å². The van der Waals surface area contributed by atoms with Crippen LogP contribution in [0, 0.1) is 5.95 Å². The molecular weight excluding hydrogens is 273 g/mol. The van der Waals surface area contributed by atoms with E-state index < -0.39 is 5.95 Å². The van der Waals surface area contributed by atoms with Gasteiger partial charge in [-0.3, -0.25) is 9.59 Å². The van der Waals surface area contributed by atoms with Gasteiger partial charge in [-0.25, -0.2) is 4.98 Å². The van der Waals surface area contributed by atoms with Crippen molar-refractivity contribution in [1.29, 1.82) is 0 Å². The van der Waals surface area contributed by atoms with Gasteiger partial charge in [0.1, 0.15) is 0 Å². The number of carbonyl (C=O) groups excluding carboxylic acids is 2. The summed E-state index contributed by atoms with van der Waals surface area (Å²) in [5.41, 5.74) is 1.69. The molecule has 5 nitrogen and oxygen atoms in total. The molecule has 2 amide bonds. The SMILES string of the molecule is CNC(=O)c1ccc(CNC(=O)c2ccc(F)nc2)cc1. The third-order valence-electron chi connectivity index (χ3n) is 2.89. The van der Waals surface area contributed by atoms with Gasteiger partial charge in [0.05, 0.1) is 5.56 Å². The molecule has 0 aliphatic heterocycles. The number of hydrogen-bond donors (Lipinski definition) is 2. The van der Waals surface area contributed by atoms with Gasteiger partial charge in [-0.1, -0.05) is 12.1 Å². The van der Waals surface area contributed by atoms with Crippen molar-refractivity contribution < 1.29 is 14.0 Å². The molecule has 0 radical (unpaired) electrons. The number of nitrogens with one attached hydrogen (secondary N) is 2. The second-order valence-corrected chi connectivity index (χ2v) is 4.33. The van der Waals surface area contributed by atoms with Crippen molar-refractivity contribution in [2.24, 2.45) is 0 Å². The van der Waals surface area contributed by atoms with Crippen molar-refractivity contribution in [2.75, 3.05) is 7.05 Å². The minimum absolute atomic E-state index is 0.164. The Balaban J connectivity index is 1.95. The Labute approximate surface area is 121 Å². The second-order valence-electron chi connectivity index (χ2n) is 4.33. The Bertz CT molecular complexity index is 639. The van der Waals surface area contributed by atoms with Gasteiger partial charge in [-0.05, 0) is 29.8 Å². The van der Waals surface area contributed by atoms with E-state index in [9.17, 15) is 14.0 Å². The van der Waals surface area contributed by atoms with Gasteiger partial charge in [0, 0.05) is 25.4 Å². The fraction of sp³-hybridized carbons (Fsp3) is 0.133. The highest BCUT2D eigenvalue weighted by atomic mass is 19.1. The predicted molar refractivity (Wildman–Crippen MR) is 75.2 cm³/mol. The van der Waals surface area contributed by atoms with E-state index in [1.54, 1.807) is 31.3 Å². The first-order valence-electron chi connectivity index (χ1n) is 6.31. The molecule has 6 heteroatoms. The summed E-state index contributed by atoms with van der Waals surface area (Å²) in [6, 6.07) is 9.38. The molecule has 1 heterocycles. The zero-order chi connectivity index (χ0) is 15.2. The van der Waals surface area contributed by atoms with Gasteiger partial charge in [-0.2, -0.15) is 4.39 Å². The summed E-state index contributed by atoms with van der Waals surface area (Å²) in [6.07, 6.45) is 1.18. The Kier molecular flexibility index (Phi) is 4.61. The number of nitrogens with zero attached hydrogens (tertiary/aromatic N) is 1. The van der Waals surface area contributed by atoms with Gasteiger partial charge < -0.3 is 10.6 Å². The van der Waals surface area contributed by atoms with Crippen LogP contribution in [-0.4, -0.2) is 23.8 Å². The molecule has 1 aromatic heterocycles. The summed E-state index contributed by atoms with van der Waals surface area (Å²) in [5.74, 6) is -1.13. The summed E-state index contributed by atoms with van der Waals surface area (Å²) >= 11 is 0. The van der Waals surface area contributed by atoms with Gasteiger partial charge in [0.25, 0.3) is 11.8 Å². The molecule has 2 rings (SSSR count). The van der Waals surface area contributed by atoms with Crippen LogP contribution >= 0.6 is 0 Å². The number of amides is 2. The summed E-state index contributed by atoms with van der Waals surface area (Å²) in [5, 5.41) is 5.23. The van der Waals surface area contributed by atoms with Gasteiger partial charge >= 0.3 is 0 Å². The first kappa shape index (κ1) is 14.6. The molecule has 0 aliphatic rings. The van der Waals surface area contributed by atoms with E-state index in [0.29, 0.717) is 17.7 Å². The zero-order valence-electron chi connectivity index (χ0n) is 11.4. The van der Waals surface area contributed by atoms with Crippen molar-refractivity contribution in [3.05, 3.63) is 65.2 Å². The predicted octanol–water partition coefficient (Wildman–Crippen LogP) is 1.51. The number of halogens is 1. The maximum Gasteiger partial charge on any atom is 0.253 e. The van der Waals surface area contributed by atoms with Crippen molar-refractivity contribution in [3.63, 3.8) is 0 Å². The van der Waals surface area contributed by atoms with Crippen LogP contribution in [-0.2, 0) is 6.54 Å². The monoisotopic (exact) mass is 287 g/mol. The molecule has 2 N–H and O–H groups in total. The number of rotatable bonds is 4. The normalized spacial score (nSPS) is 10.0. The summed E-state index contributed by atoms with van der Waals surface area (Å²) in [6.45, 7) is 0.310. The lowest BCUT2D eigenvalue weighted by atomic mass is 10.1. The van der Waals surface area contributed by atoms with E-state index >= 15 is 0 Å². The molecule has 108 valence electrons. The zero-order valence-corrected chi connectivity index (χ0v) is 11.4. The maximum atomic E-state index is 12.7. The topological polar surface area (TPSA) is 71.1 Å². The Morgan fingerprint density at radius 1 is 1.05 bits per heavy atom. The molecule has 0 saturated heterocycles. The van der Waals surface area contributed by atoms with Crippen LogP contribution in [0.3, 0.4) is 0 Å². The molecule has 0 aliphatic carbocycles. The largest absolute Gasteiger partial charge is 0.355 e. The van der Waals surface area contributed by atoms with Crippen LogP contribution in [0.5, 0.6) is 0 Å². The third kappa shape index (κ3) is 3.85. The highest BCUT2D eigenvalue weighted by Gasteiger charge is 2.07. The van der Waals surface area contributed by atoms with Crippen molar-refractivity contribution in [1.82, 2.24) is 15.6 Å². The number of carbonyl (C=O) groups is 2. The van der Waals surface area contributed by atoms with E-state index in [-0.39, 0.29) is 11.8 Å². The van der Waals surface area contributed by atoms with E-state index in [4.69, 9.17) is 0 Å². The van der Waals surface area contributed by atoms with Crippen molar-refractivity contribution in [3.8, 4) is 0 Å². The second kappa shape index (κ2) is 6.60. The third-order valence-corrected chi connectivity index (χ3v) is 2.89. The first-order valence-corrected chi connectivity index (χ1v) is 6.31. The first-order chi connectivity index (χ1) is 10.1. The minimum Gasteiger partial charge on any atom is -0.355 e. The van der Waals surface area contributed by atoms with Crippen LogP contribution in [0.2, 0.25) is 0 Å². The fourth-order valence-corrected chi connectivity index (χ4v) is 1.71. The molecular formula is C15H14FN3O2. The van der Waals surface area contributed by atoms with Crippen LogP contribution in [0.4, 0.5) is 4.39 Å². The average Bonchev–Trinajstić information content (AvgIpc) is 2.53. The molecule has 21 heavy (non-hydrogen) atoms. The average molecular weight is 287 g/mol. The molecule has 0 atom stereocenters. The molecule has 0 fully saturated rings. The van der Waals surface area contributed by atoms with Gasteiger partial charge in [0.15, 0.2) is 0 Å². The lowest BCUT2D eigenvalue weighted by Gasteiger charge is -2.06. The minimum atomic E-state index is -0.628. The molecule has 0 saturated carbocycles. The number of aromatic nitrogens is 1. The molecule has 0 spiro atoms. The summed E-state index contributed by atoms with van der Waals surface area (Å²) < 4.78 is 12.7. The van der Waals surface area contributed by atoms with Crippen molar-refractivity contribution >= 4 is 11.8 Å². The van der Waals surface area contributed by atoms with E-state index in [2.05, 4.69) is 15.6 Å². The maximum absolute atomic E-state index is 12.7. The quantitative estimate of drug-likeness (QED) is 0.837. The summed E-state index contributed by atoms with van der Waals surface area (Å²) in [4.78, 5) is 26.6. The molecule has 2 aromatic rings. The van der Waals surface area contributed by atoms with Crippen molar-refractivity contribution in [2.45, 2.75) is 6.54 Å².